The monoisotopic (exact) mass is 391 g/mol. The Bertz CT molecular complexity index is 947. The minimum Gasteiger partial charge on any atom is -0.452 e. The maximum Gasteiger partial charge on any atom is 0.338 e. The highest BCUT2D eigenvalue weighted by molar-refractivity contribution is 6.44. The molecule has 1 amide bonds. The summed E-state index contributed by atoms with van der Waals surface area (Å²) in [4.78, 5) is 24.1. The van der Waals surface area contributed by atoms with Crippen LogP contribution in [0.25, 0.3) is 5.69 Å². The van der Waals surface area contributed by atoms with E-state index in [1.807, 2.05) is 0 Å². The Labute approximate surface area is 157 Å². The van der Waals surface area contributed by atoms with Gasteiger partial charge in [0.15, 0.2) is 6.61 Å². The van der Waals surface area contributed by atoms with Gasteiger partial charge in [-0.25, -0.2) is 9.48 Å². The number of anilines is 1. The molecule has 0 unspecified atom stereocenters. The molecule has 0 aliphatic heterocycles. The average Bonchev–Trinajstić information content (AvgIpc) is 3.18. The first-order valence-electron chi connectivity index (χ1n) is 7.29. The fourth-order valence-corrected chi connectivity index (χ4v) is 2.40. The third kappa shape index (κ3) is 4.16. The van der Waals surface area contributed by atoms with E-state index in [1.165, 1.54) is 11.0 Å². The van der Waals surface area contributed by atoms with Gasteiger partial charge >= 0.3 is 5.97 Å². The molecule has 8 nitrogen and oxygen atoms in total. The van der Waals surface area contributed by atoms with Crippen LogP contribution in [0.5, 0.6) is 0 Å². The van der Waals surface area contributed by atoms with E-state index in [0.29, 0.717) is 16.4 Å². The fraction of sp³-hybridized carbons (Fsp3) is 0.0625. The second-order valence-corrected chi connectivity index (χ2v) is 5.82. The number of tetrazole rings is 1. The van der Waals surface area contributed by atoms with E-state index in [4.69, 9.17) is 27.9 Å². The van der Waals surface area contributed by atoms with Crippen LogP contribution in [-0.4, -0.2) is 38.7 Å². The van der Waals surface area contributed by atoms with Gasteiger partial charge in [-0.1, -0.05) is 35.3 Å². The van der Waals surface area contributed by atoms with E-state index in [9.17, 15) is 9.59 Å². The number of ether oxygens (including phenoxy) is 1. The third-order valence-corrected chi connectivity index (χ3v) is 4.07. The van der Waals surface area contributed by atoms with Crippen LogP contribution >= 0.6 is 23.2 Å². The van der Waals surface area contributed by atoms with Gasteiger partial charge < -0.3 is 10.1 Å². The quantitative estimate of drug-likeness (QED) is 0.671. The number of hydrogen-bond donors (Lipinski definition) is 1. The van der Waals surface area contributed by atoms with Crippen LogP contribution in [0, 0.1) is 0 Å². The van der Waals surface area contributed by atoms with Crippen LogP contribution in [0.3, 0.4) is 0 Å². The molecule has 1 heterocycles. The van der Waals surface area contributed by atoms with E-state index in [-0.39, 0.29) is 10.6 Å². The summed E-state index contributed by atoms with van der Waals surface area (Å²) in [5.41, 5.74) is 1.17. The van der Waals surface area contributed by atoms with Crippen molar-refractivity contribution in [1.82, 2.24) is 20.2 Å². The number of hydrogen-bond acceptors (Lipinski definition) is 6. The lowest BCUT2D eigenvalue weighted by atomic mass is 10.2. The van der Waals surface area contributed by atoms with Gasteiger partial charge in [-0.05, 0) is 40.8 Å². The molecule has 3 rings (SSSR count). The molecule has 26 heavy (non-hydrogen) atoms. The smallest absolute Gasteiger partial charge is 0.338 e. The van der Waals surface area contributed by atoms with Gasteiger partial charge in [0.05, 0.1) is 27.0 Å². The molecule has 0 atom stereocenters. The van der Waals surface area contributed by atoms with Gasteiger partial charge in [0, 0.05) is 0 Å². The van der Waals surface area contributed by atoms with E-state index in [2.05, 4.69) is 20.8 Å². The van der Waals surface area contributed by atoms with Crippen molar-refractivity contribution < 1.29 is 14.3 Å². The molecule has 1 N–H and O–H groups in total. The Morgan fingerprint density at radius 3 is 2.73 bits per heavy atom. The maximum absolute atomic E-state index is 12.1. The summed E-state index contributed by atoms with van der Waals surface area (Å²) in [5, 5.41) is 13.8. The van der Waals surface area contributed by atoms with Gasteiger partial charge in [0.2, 0.25) is 0 Å². The largest absolute Gasteiger partial charge is 0.452 e. The molecule has 0 saturated carbocycles. The van der Waals surface area contributed by atoms with E-state index in [0.717, 1.165) is 0 Å². The lowest BCUT2D eigenvalue weighted by molar-refractivity contribution is -0.119. The third-order valence-electron chi connectivity index (χ3n) is 3.26. The fourth-order valence-electron chi connectivity index (χ4n) is 2.06. The van der Waals surface area contributed by atoms with Crippen molar-refractivity contribution in [1.29, 1.82) is 0 Å². The van der Waals surface area contributed by atoms with Crippen LogP contribution in [-0.2, 0) is 9.53 Å². The number of carbonyl (C=O) groups excluding carboxylic acids is 2. The lowest BCUT2D eigenvalue weighted by Crippen LogP contribution is -2.21. The summed E-state index contributed by atoms with van der Waals surface area (Å²) in [6.07, 6.45) is 1.40. The molecule has 3 aromatic rings. The average molecular weight is 392 g/mol. The van der Waals surface area contributed by atoms with Gasteiger partial charge in [-0.2, -0.15) is 0 Å². The molecular formula is C16H11Cl2N5O3. The Balaban J connectivity index is 1.61. The first-order valence-corrected chi connectivity index (χ1v) is 8.04. The molecule has 1 aromatic heterocycles. The predicted molar refractivity (Wildman–Crippen MR) is 94.5 cm³/mol. The summed E-state index contributed by atoms with van der Waals surface area (Å²) < 4.78 is 6.41. The van der Waals surface area contributed by atoms with Crippen molar-refractivity contribution in [3.63, 3.8) is 0 Å². The second-order valence-electron chi connectivity index (χ2n) is 5.03. The zero-order chi connectivity index (χ0) is 18.5. The number of amides is 1. The van der Waals surface area contributed by atoms with Crippen LogP contribution in [0.1, 0.15) is 10.4 Å². The summed E-state index contributed by atoms with van der Waals surface area (Å²) >= 11 is 11.9. The highest BCUT2D eigenvalue weighted by Gasteiger charge is 2.13. The summed E-state index contributed by atoms with van der Waals surface area (Å²) in [6, 6.07) is 11.3. The van der Waals surface area contributed by atoms with Crippen molar-refractivity contribution in [2.45, 2.75) is 0 Å². The first kappa shape index (κ1) is 17.8. The van der Waals surface area contributed by atoms with Crippen molar-refractivity contribution in [3.05, 3.63) is 64.4 Å². The minimum atomic E-state index is -0.660. The summed E-state index contributed by atoms with van der Waals surface area (Å²) in [5.74, 6) is -1.20. The number of rotatable bonds is 5. The highest BCUT2D eigenvalue weighted by atomic mass is 35.5. The van der Waals surface area contributed by atoms with Gasteiger partial charge in [0.25, 0.3) is 5.91 Å². The van der Waals surface area contributed by atoms with E-state index >= 15 is 0 Å². The van der Waals surface area contributed by atoms with Gasteiger partial charge in [-0.3, -0.25) is 4.79 Å². The highest BCUT2D eigenvalue weighted by Crippen LogP contribution is 2.29. The second kappa shape index (κ2) is 7.94. The Morgan fingerprint density at radius 2 is 1.96 bits per heavy atom. The lowest BCUT2D eigenvalue weighted by Gasteiger charge is -2.09. The molecule has 0 radical (unpaired) electrons. The maximum atomic E-state index is 12.1. The molecule has 0 aliphatic carbocycles. The van der Waals surface area contributed by atoms with E-state index in [1.54, 1.807) is 42.5 Å². The number of halogens is 2. The summed E-state index contributed by atoms with van der Waals surface area (Å²) in [7, 11) is 0. The molecule has 10 heteroatoms. The van der Waals surface area contributed by atoms with Crippen molar-refractivity contribution in [3.8, 4) is 5.69 Å². The zero-order valence-electron chi connectivity index (χ0n) is 13.1. The molecule has 0 fully saturated rings. The predicted octanol–water partition coefficient (Wildman–Crippen LogP) is 2.76. The molecule has 0 spiro atoms. The minimum absolute atomic E-state index is 0.211. The molecule has 0 bridgehead atoms. The number of esters is 1. The first-order chi connectivity index (χ1) is 12.5. The normalized spacial score (nSPS) is 10.4. The Hall–Kier alpha value is -2.97. The molecule has 0 aliphatic rings. The number of benzene rings is 2. The number of aromatic nitrogens is 4. The molecule has 2 aromatic carbocycles. The van der Waals surface area contributed by atoms with Crippen LogP contribution < -0.4 is 5.32 Å². The summed E-state index contributed by atoms with van der Waals surface area (Å²) in [6.45, 7) is -0.475. The zero-order valence-corrected chi connectivity index (χ0v) is 14.6. The van der Waals surface area contributed by atoms with Crippen molar-refractivity contribution >= 4 is 40.8 Å². The number of nitrogens with zero attached hydrogens (tertiary/aromatic N) is 4. The van der Waals surface area contributed by atoms with Gasteiger partial charge in [-0.15, -0.1) is 5.10 Å². The number of nitrogens with one attached hydrogen (secondary N) is 1. The number of carbonyl (C=O) groups is 2. The molecule has 132 valence electrons. The topological polar surface area (TPSA) is 99.0 Å². The molecule has 0 saturated heterocycles. The van der Waals surface area contributed by atoms with Crippen molar-refractivity contribution in [2.75, 3.05) is 11.9 Å². The van der Waals surface area contributed by atoms with Crippen LogP contribution in [0.2, 0.25) is 10.0 Å². The SMILES string of the molecule is O=C(COC(=O)c1cccc(-n2cnnn2)c1)Nc1cccc(Cl)c1Cl. The van der Waals surface area contributed by atoms with Crippen molar-refractivity contribution in [2.24, 2.45) is 0 Å². The Morgan fingerprint density at radius 1 is 1.15 bits per heavy atom. The Kier molecular flexibility index (Phi) is 5.45. The van der Waals surface area contributed by atoms with E-state index < -0.39 is 18.5 Å². The molecular weight excluding hydrogens is 381 g/mol. The standard InChI is InChI=1S/C16H11Cl2N5O3/c17-12-5-2-6-13(15(12)18)20-14(24)8-26-16(25)10-3-1-4-11(7-10)23-9-19-21-22-23/h1-7,9H,8H2,(H,20,24). The van der Waals surface area contributed by atoms with Crippen LogP contribution in [0.15, 0.2) is 48.8 Å². The van der Waals surface area contributed by atoms with Crippen LogP contribution in [0.4, 0.5) is 5.69 Å². The van der Waals surface area contributed by atoms with Gasteiger partial charge in [0.1, 0.15) is 6.33 Å².